The number of anilines is 3. The van der Waals surface area contributed by atoms with E-state index in [0.717, 1.165) is 11.3 Å². The number of nitrogens with one attached hydrogen (secondary N) is 1. The van der Waals surface area contributed by atoms with Gasteiger partial charge in [-0.05, 0) is 48.9 Å². The normalized spacial score (nSPS) is 10.5. The number of nitrogen functional groups attached to an aromatic ring is 1. The van der Waals surface area contributed by atoms with Gasteiger partial charge in [-0.25, -0.2) is 14.4 Å². The van der Waals surface area contributed by atoms with Crippen LogP contribution in [0.3, 0.4) is 0 Å². The lowest BCUT2D eigenvalue weighted by molar-refractivity contribution is 0.416. The highest BCUT2D eigenvalue weighted by atomic mass is 19.1. The number of hydrogen-bond donors (Lipinski definition) is 2. The summed E-state index contributed by atoms with van der Waals surface area (Å²) in [6.45, 7) is 1.99. The summed E-state index contributed by atoms with van der Waals surface area (Å²) < 4.78 is 18.4. The molecule has 24 heavy (non-hydrogen) atoms. The van der Waals surface area contributed by atoms with Gasteiger partial charge in [0.2, 0.25) is 0 Å². The van der Waals surface area contributed by atoms with Gasteiger partial charge < -0.3 is 15.8 Å². The highest BCUT2D eigenvalue weighted by molar-refractivity contribution is 5.68. The number of halogens is 1. The van der Waals surface area contributed by atoms with Gasteiger partial charge in [0, 0.05) is 11.6 Å². The zero-order chi connectivity index (χ0) is 17.1. The first kappa shape index (κ1) is 15.7. The predicted octanol–water partition coefficient (Wildman–Crippen LogP) is 3.93. The monoisotopic (exact) mass is 324 g/mol. The van der Waals surface area contributed by atoms with Crippen LogP contribution >= 0.6 is 0 Å². The minimum Gasteiger partial charge on any atom is -0.495 e. The first-order valence-corrected chi connectivity index (χ1v) is 7.37. The maximum atomic E-state index is 13.1. The van der Waals surface area contributed by atoms with Gasteiger partial charge >= 0.3 is 0 Å². The Morgan fingerprint density at radius 2 is 1.79 bits per heavy atom. The number of rotatable bonds is 4. The third-order valence-corrected chi connectivity index (χ3v) is 3.47. The van der Waals surface area contributed by atoms with Crippen LogP contribution in [0.4, 0.5) is 21.7 Å². The summed E-state index contributed by atoms with van der Waals surface area (Å²) in [5.74, 6) is 1.65. The van der Waals surface area contributed by atoms with E-state index >= 15 is 0 Å². The zero-order valence-corrected chi connectivity index (χ0v) is 13.4. The maximum absolute atomic E-state index is 13.1. The second-order valence-corrected chi connectivity index (χ2v) is 5.34. The van der Waals surface area contributed by atoms with Crippen molar-refractivity contribution in [1.82, 2.24) is 9.97 Å². The van der Waals surface area contributed by atoms with Crippen LogP contribution in [-0.4, -0.2) is 17.1 Å². The highest BCUT2D eigenvalue weighted by Crippen LogP contribution is 2.29. The number of nitrogens with zero attached hydrogens (tertiary/aromatic N) is 2. The fourth-order valence-electron chi connectivity index (χ4n) is 2.32. The Morgan fingerprint density at radius 3 is 2.50 bits per heavy atom. The van der Waals surface area contributed by atoms with Crippen LogP contribution in [0.1, 0.15) is 5.56 Å². The quantitative estimate of drug-likeness (QED) is 0.761. The molecule has 5 nitrogen and oxygen atoms in total. The van der Waals surface area contributed by atoms with E-state index < -0.39 is 0 Å². The van der Waals surface area contributed by atoms with E-state index in [1.807, 2.05) is 25.1 Å². The maximum Gasteiger partial charge on any atom is 0.163 e. The molecule has 0 spiro atoms. The molecule has 1 aromatic heterocycles. The standard InChI is InChI=1S/C18H17FN4O/c1-11-3-8-15(24-2)14(9-11)21-17-10-16(20)22-18(23-17)12-4-6-13(19)7-5-12/h3-10H,1-2H3,(H3,20,21,22,23). The van der Waals surface area contributed by atoms with Crippen molar-refractivity contribution in [3.05, 3.63) is 59.9 Å². The summed E-state index contributed by atoms with van der Waals surface area (Å²) in [5.41, 5.74) is 8.43. The molecule has 0 fully saturated rings. The second-order valence-electron chi connectivity index (χ2n) is 5.34. The Balaban J connectivity index is 1.97. The van der Waals surface area contributed by atoms with Crippen LogP contribution < -0.4 is 15.8 Å². The van der Waals surface area contributed by atoms with Crippen molar-refractivity contribution in [1.29, 1.82) is 0 Å². The molecule has 0 bridgehead atoms. The lowest BCUT2D eigenvalue weighted by atomic mass is 10.2. The molecule has 0 saturated carbocycles. The number of aromatic nitrogens is 2. The summed E-state index contributed by atoms with van der Waals surface area (Å²) in [6.07, 6.45) is 0. The Kier molecular flexibility index (Phi) is 4.29. The van der Waals surface area contributed by atoms with Crippen LogP contribution in [0, 0.1) is 12.7 Å². The molecule has 0 aliphatic heterocycles. The van der Waals surface area contributed by atoms with E-state index in [1.54, 1.807) is 25.3 Å². The lowest BCUT2D eigenvalue weighted by Gasteiger charge is -2.12. The summed E-state index contributed by atoms with van der Waals surface area (Å²) in [5, 5.41) is 3.20. The molecular formula is C18H17FN4O. The number of nitrogens with two attached hydrogens (primary N) is 1. The van der Waals surface area contributed by atoms with Gasteiger partial charge in [0.25, 0.3) is 0 Å². The Hall–Kier alpha value is -3.15. The molecule has 2 aromatic carbocycles. The Morgan fingerprint density at radius 1 is 1.04 bits per heavy atom. The van der Waals surface area contributed by atoms with Crippen molar-refractivity contribution >= 4 is 17.3 Å². The van der Waals surface area contributed by atoms with Crippen molar-refractivity contribution in [2.75, 3.05) is 18.2 Å². The molecule has 3 aromatic rings. The molecule has 0 amide bonds. The van der Waals surface area contributed by atoms with Gasteiger partial charge in [0.15, 0.2) is 5.82 Å². The topological polar surface area (TPSA) is 73.1 Å². The van der Waals surface area contributed by atoms with Gasteiger partial charge in [0.1, 0.15) is 23.2 Å². The predicted molar refractivity (Wildman–Crippen MR) is 92.9 cm³/mol. The fourth-order valence-corrected chi connectivity index (χ4v) is 2.32. The summed E-state index contributed by atoms with van der Waals surface area (Å²) in [4.78, 5) is 8.66. The second kappa shape index (κ2) is 6.54. The molecule has 122 valence electrons. The number of methoxy groups -OCH3 is 1. The van der Waals surface area contributed by atoms with Crippen molar-refractivity contribution < 1.29 is 9.13 Å². The van der Waals surface area contributed by atoms with Gasteiger partial charge in [-0.15, -0.1) is 0 Å². The largest absolute Gasteiger partial charge is 0.495 e. The van der Waals surface area contributed by atoms with Crippen LogP contribution in [0.2, 0.25) is 0 Å². The van der Waals surface area contributed by atoms with Crippen LogP contribution in [0.5, 0.6) is 5.75 Å². The number of benzene rings is 2. The third kappa shape index (κ3) is 3.43. The first-order valence-electron chi connectivity index (χ1n) is 7.37. The van der Waals surface area contributed by atoms with Crippen LogP contribution in [0.25, 0.3) is 11.4 Å². The van der Waals surface area contributed by atoms with Gasteiger partial charge in [-0.1, -0.05) is 6.07 Å². The van der Waals surface area contributed by atoms with E-state index in [2.05, 4.69) is 15.3 Å². The summed E-state index contributed by atoms with van der Waals surface area (Å²) in [6, 6.07) is 13.4. The minimum absolute atomic E-state index is 0.314. The number of hydrogen-bond acceptors (Lipinski definition) is 5. The average molecular weight is 324 g/mol. The molecule has 6 heteroatoms. The van der Waals surface area contributed by atoms with E-state index in [-0.39, 0.29) is 5.82 Å². The van der Waals surface area contributed by atoms with E-state index in [9.17, 15) is 4.39 Å². The van der Waals surface area contributed by atoms with Crippen molar-refractivity contribution in [3.63, 3.8) is 0 Å². The summed E-state index contributed by atoms with van der Waals surface area (Å²) in [7, 11) is 1.61. The van der Waals surface area contributed by atoms with E-state index in [4.69, 9.17) is 10.5 Å². The number of ether oxygens (including phenoxy) is 1. The molecule has 1 heterocycles. The van der Waals surface area contributed by atoms with Crippen molar-refractivity contribution in [3.8, 4) is 17.1 Å². The Bertz CT molecular complexity index is 865. The van der Waals surface area contributed by atoms with Gasteiger partial charge in [0.05, 0.1) is 12.8 Å². The molecule has 3 N–H and O–H groups in total. The van der Waals surface area contributed by atoms with Gasteiger partial charge in [-0.2, -0.15) is 0 Å². The first-order chi connectivity index (χ1) is 11.5. The fraction of sp³-hybridized carbons (Fsp3) is 0.111. The average Bonchev–Trinajstić information content (AvgIpc) is 2.55. The van der Waals surface area contributed by atoms with E-state index in [1.165, 1.54) is 12.1 Å². The lowest BCUT2D eigenvalue weighted by Crippen LogP contribution is -2.02. The molecule has 0 aliphatic rings. The molecule has 0 saturated heterocycles. The molecule has 0 atom stereocenters. The third-order valence-electron chi connectivity index (χ3n) is 3.47. The Labute approximate surface area is 139 Å². The molecule has 0 unspecified atom stereocenters. The number of aryl methyl sites for hydroxylation is 1. The molecule has 0 aliphatic carbocycles. The van der Waals surface area contributed by atoms with Crippen molar-refractivity contribution in [2.24, 2.45) is 0 Å². The minimum atomic E-state index is -0.314. The molecular weight excluding hydrogens is 307 g/mol. The zero-order valence-electron chi connectivity index (χ0n) is 13.4. The highest BCUT2D eigenvalue weighted by Gasteiger charge is 2.09. The van der Waals surface area contributed by atoms with Crippen molar-refractivity contribution in [2.45, 2.75) is 6.92 Å². The molecule has 0 radical (unpaired) electrons. The van der Waals surface area contributed by atoms with Gasteiger partial charge in [-0.3, -0.25) is 0 Å². The van der Waals surface area contributed by atoms with Crippen LogP contribution in [0.15, 0.2) is 48.5 Å². The summed E-state index contributed by atoms with van der Waals surface area (Å²) >= 11 is 0. The smallest absolute Gasteiger partial charge is 0.163 e. The SMILES string of the molecule is COc1ccc(C)cc1Nc1cc(N)nc(-c2ccc(F)cc2)n1. The van der Waals surface area contributed by atoms with Crippen LogP contribution in [-0.2, 0) is 0 Å². The molecule has 3 rings (SSSR count). The van der Waals surface area contributed by atoms with E-state index in [0.29, 0.717) is 28.8 Å².